The van der Waals surface area contributed by atoms with Crippen molar-refractivity contribution in [2.24, 2.45) is 5.41 Å². The lowest BCUT2D eigenvalue weighted by Gasteiger charge is -2.14. The van der Waals surface area contributed by atoms with Crippen LogP contribution in [-0.4, -0.2) is 6.54 Å². The summed E-state index contributed by atoms with van der Waals surface area (Å²) in [6.45, 7) is 2.98. The predicted molar refractivity (Wildman–Crippen MR) is 69.3 cm³/mol. The van der Waals surface area contributed by atoms with Crippen LogP contribution in [0.15, 0.2) is 22.7 Å². The van der Waals surface area contributed by atoms with Crippen LogP contribution in [0.3, 0.4) is 0 Å². The highest BCUT2D eigenvalue weighted by molar-refractivity contribution is 9.10. The Balaban J connectivity index is 1.98. The highest BCUT2D eigenvalue weighted by Crippen LogP contribution is 2.48. The van der Waals surface area contributed by atoms with Gasteiger partial charge in [-0.3, -0.25) is 0 Å². The monoisotopic (exact) mass is 278 g/mol. The normalized spacial score (nSPS) is 16.6. The molecule has 0 spiro atoms. The zero-order valence-electron chi connectivity index (χ0n) is 9.39. The quantitative estimate of drug-likeness (QED) is 0.908. The van der Waals surface area contributed by atoms with Crippen molar-refractivity contribution in [1.82, 2.24) is 0 Å². The number of benzene rings is 1. The first-order chi connectivity index (χ1) is 7.65. The van der Waals surface area contributed by atoms with Gasteiger partial charge in [-0.2, -0.15) is 5.26 Å². The molecule has 16 heavy (non-hydrogen) atoms. The summed E-state index contributed by atoms with van der Waals surface area (Å²) in [5, 5.41) is 12.2. The van der Waals surface area contributed by atoms with Gasteiger partial charge in [0.25, 0.3) is 0 Å². The third-order valence-electron chi connectivity index (χ3n) is 3.19. The first-order valence-corrected chi connectivity index (χ1v) is 6.31. The Kier molecular flexibility index (Phi) is 3.20. The molecule has 1 N–H and O–H groups in total. The van der Waals surface area contributed by atoms with Gasteiger partial charge >= 0.3 is 0 Å². The number of hydrogen-bond donors (Lipinski definition) is 1. The minimum absolute atomic E-state index is 0.249. The molecule has 3 heteroatoms. The molecular weight excluding hydrogens is 264 g/mol. The molecule has 0 saturated heterocycles. The van der Waals surface area contributed by atoms with Gasteiger partial charge in [-0.1, -0.05) is 6.07 Å². The van der Waals surface area contributed by atoms with E-state index in [2.05, 4.69) is 52.4 Å². The molecule has 84 valence electrons. The second kappa shape index (κ2) is 4.47. The molecule has 1 aromatic carbocycles. The van der Waals surface area contributed by atoms with Crippen LogP contribution in [0.4, 0.5) is 5.69 Å². The molecule has 0 unspecified atom stereocenters. The molecule has 1 aliphatic carbocycles. The summed E-state index contributed by atoms with van der Waals surface area (Å²) in [5.74, 6) is 0. The van der Waals surface area contributed by atoms with Crippen molar-refractivity contribution in [2.75, 3.05) is 11.9 Å². The molecule has 1 aromatic rings. The topological polar surface area (TPSA) is 35.8 Å². The van der Waals surface area contributed by atoms with Crippen LogP contribution < -0.4 is 5.32 Å². The fourth-order valence-corrected chi connectivity index (χ4v) is 2.44. The van der Waals surface area contributed by atoms with Gasteiger partial charge in [-0.05, 0) is 53.4 Å². The van der Waals surface area contributed by atoms with Crippen molar-refractivity contribution in [3.05, 3.63) is 28.2 Å². The van der Waals surface area contributed by atoms with Gasteiger partial charge in [0.2, 0.25) is 0 Å². The number of nitriles is 1. The van der Waals surface area contributed by atoms with E-state index in [1.165, 1.54) is 18.4 Å². The molecule has 0 aromatic heterocycles. The van der Waals surface area contributed by atoms with E-state index >= 15 is 0 Å². The average Bonchev–Trinajstić information content (AvgIpc) is 2.98. The molecule has 1 aliphatic rings. The van der Waals surface area contributed by atoms with Gasteiger partial charge in [0, 0.05) is 28.5 Å². The minimum atomic E-state index is 0.249. The van der Waals surface area contributed by atoms with Crippen LogP contribution in [0, 0.1) is 23.7 Å². The van der Waals surface area contributed by atoms with E-state index in [0.29, 0.717) is 6.42 Å². The fraction of sp³-hybridized carbons (Fsp3) is 0.462. The highest BCUT2D eigenvalue weighted by atomic mass is 79.9. The summed E-state index contributed by atoms with van der Waals surface area (Å²) in [6.07, 6.45) is 3.03. The Morgan fingerprint density at radius 1 is 1.50 bits per heavy atom. The Morgan fingerprint density at radius 3 is 2.81 bits per heavy atom. The SMILES string of the molecule is Cc1ccc(NCC2(CC#N)CC2)c(Br)c1. The zero-order valence-corrected chi connectivity index (χ0v) is 11.0. The minimum Gasteiger partial charge on any atom is -0.384 e. The number of halogens is 1. The van der Waals surface area contributed by atoms with Gasteiger partial charge in [0.05, 0.1) is 6.07 Å². The molecular formula is C13H15BrN2. The maximum atomic E-state index is 8.74. The number of aryl methyl sites for hydroxylation is 1. The first-order valence-electron chi connectivity index (χ1n) is 5.52. The van der Waals surface area contributed by atoms with E-state index in [4.69, 9.17) is 5.26 Å². The van der Waals surface area contributed by atoms with E-state index in [0.717, 1.165) is 16.7 Å². The second-order valence-corrected chi connectivity index (χ2v) is 5.53. The Bertz CT molecular complexity index is 430. The molecule has 1 saturated carbocycles. The molecule has 1 fully saturated rings. The molecule has 0 radical (unpaired) electrons. The third-order valence-corrected chi connectivity index (χ3v) is 3.85. The average molecular weight is 279 g/mol. The molecule has 0 aliphatic heterocycles. The van der Waals surface area contributed by atoms with Crippen LogP contribution >= 0.6 is 15.9 Å². The number of nitrogens with zero attached hydrogens (tertiary/aromatic N) is 1. The maximum absolute atomic E-state index is 8.74. The Hall–Kier alpha value is -1.01. The standard InChI is InChI=1S/C13H15BrN2/c1-10-2-3-12(11(14)8-10)16-9-13(4-5-13)6-7-15/h2-3,8,16H,4-6,9H2,1H3. The lowest BCUT2D eigenvalue weighted by atomic mass is 10.0. The van der Waals surface area contributed by atoms with E-state index < -0.39 is 0 Å². The summed E-state index contributed by atoms with van der Waals surface area (Å²) in [4.78, 5) is 0. The van der Waals surface area contributed by atoms with E-state index in [1.807, 2.05) is 0 Å². The summed E-state index contributed by atoms with van der Waals surface area (Å²) in [7, 11) is 0. The smallest absolute Gasteiger partial charge is 0.0628 e. The van der Waals surface area contributed by atoms with Crippen molar-refractivity contribution in [2.45, 2.75) is 26.2 Å². The number of rotatable bonds is 4. The summed E-state index contributed by atoms with van der Waals surface area (Å²) < 4.78 is 1.10. The number of anilines is 1. The van der Waals surface area contributed by atoms with Crippen LogP contribution in [0.1, 0.15) is 24.8 Å². The molecule has 0 heterocycles. The molecule has 2 nitrogen and oxygen atoms in total. The Morgan fingerprint density at radius 2 is 2.25 bits per heavy atom. The summed E-state index contributed by atoms with van der Waals surface area (Å²) in [6, 6.07) is 8.56. The van der Waals surface area contributed by atoms with Crippen molar-refractivity contribution >= 4 is 21.6 Å². The van der Waals surface area contributed by atoms with Crippen molar-refractivity contribution in [3.63, 3.8) is 0 Å². The van der Waals surface area contributed by atoms with Crippen LogP contribution in [0.5, 0.6) is 0 Å². The Labute approximate surface area is 105 Å². The van der Waals surface area contributed by atoms with Gasteiger partial charge in [-0.25, -0.2) is 0 Å². The van der Waals surface area contributed by atoms with Gasteiger partial charge in [0.1, 0.15) is 0 Å². The molecule has 2 rings (SSSR count). The number of hydrogen-bond acceptors (Lipinski definition) is 2. The summed E-state index contributed by atoms with van der Waals surface area (Å²) >= 11 is 3.55. The lowest BCUT2D eigenvalue weighted by molar-refractivity contribution is 0.557. The lowest BCUT2D eigenvalue weighted by Crippen LogP contribution is -2.15. The highest BCUT2D eigenvalue weighted by Gasteiger charge is 2.42. The van der Waals surface area contributed by atoms with E-state index in [-0.39, 0.29) is 5.41 Å². The van der Waals surface area contributed by atoms with Crippen LogP contribution in [-0.2, 0) is 0 Å². The molecule has 0 amide bonds. The fourth-order valence-electron chi connectivity index (χ4n) is 1.81. The van der Waals surface area contributed by atoms with Crippen LogP contribution in [0.25, 0.3) is 0 Å². The van der Waals surface area contributed by atoms with Crippen molar-refractivity contribution in [3.8, 4) is 6.07 Å². The van der Waals surface area contributed by atoms with Gasteiger partial charge in [-0.15, -0.1) is 0 Å². The van der Waals surface area contributed by atoms with Gasteiger partial charge < -0.3 is 5.32 Å². The third kappa shape index (κ3) is 2.56. The van der Waals surface area contributed by atoms with Crippen molar-refractivity contribution in [1.29, 1.82) is 5.26 Å². The zero-order chi connectivity index (χ0) is 11.6. The molecule has 0 atom stereocenters. The summed E-state index contributed by atoms with van der Waals surface area (Å²) in [5.41, 5.74) is 2.62. The molecule has 0 bridgehead atoms. The van der Waals surface area contributed by atoms with Gasteiger partial charge in [0.15, 0.2) is 0 Å². The number of nitrogens with one attached hydrogen (secondary N) is 1. The maximum Gasteiger partial charge on any atom is 0.0628 e. The predicted octanol–water partition coefficient (Wildman–Crippen LogP) is 3.86. The van der Waals surface area contributed by atoms with Crippen LogP contribution in [0.2, 0.25) is 0 Å². The van der Waals surface area contributed by atoms with E-state index in [9.17, 15) is 0 Å². The van der Waals surface area contributed by atoms with E-state index in [1.54, 1.807) is 0 Å². The largest absolute Gasteiger partial charge is 0.384 e. The van der Waals surface area contributed by atoms with Crippen molar-refractivity contribution < 1.29 is 0 Å². The second-order valence-electron chi connectivity index (χ2n) is 4.67. The first kappa shape index (κ1) is 11.5.